The number of rotatable bonds is 9. The Bertz CT molecular complexity index is 1090. The summed E-state index contributed by atoms with van der Waals surface area (Å²) in [5.74, 6) is 0.929. The van der Waals surface area contributed by atoms with Crippen molar-refractivity contribution in [1.82, 2.24) is 9.78 Å². The molecule has 0 saturated carbocycles. The van der Waals surface area contributed by atoms with Crippen LogP contribution in [0.2, 0.25) is 0 Å². The van der Waals surface area contributed by atoms with Crippen LogP contribution in [0.5, 0.6) is 11.5 Å². The first-order chi connectivity index (χ1) is 14.9. The summed E-state index contributed by atoms with van der Waals surface area (Å²) in [4.78, 5) is 23.2. The van der Waals surface area contributed by atoms with Crippen LogP contribution in [0.3, 0.4) is 0 Å². The molecule has 1 aromatic heterocycles. The van der Waals surface area contributed by atoms with Crippen molar-refractivity contribution in [3.8, 4) is 11.5 Å². The Morgan fingerprint density at radius 2 is 1.90 bits per heavy atom. The molecule has 9 heteroatoms. The zero-order valence-electron chi connectivity index (χ0n) is 17.6. The van der Waals surface area contributed by atoms with E-state index in [1.807, 2.05) is 32.0 Å². The van der Waals surface area contributed by atoms with Crippen LogP contribution in [0.4, 0.5) is 11.4 Å². The van der Waals surface area contributed by atoms with Gasteiger partial charge < -0.3 is 14.8 Å². The lowest BCUT2D eigenvalue weighted by Crippen LogP contribution is -2.13. The van der Waals surface area contributed by atoms with Crippen LogP contribution in [0.15, 0.2) is 48.8 Å². The number of nitrogens with one attached hydrogen (secondary N) is 1. The summed E-state index contributed by atoms with van der Waals surface area (Å²) >= 11 is 0. The minimum Gasteiger partial charge on any atom is -0.490 e. The van der Waals surface area contributed by atoms with Crippen LogP contribution in [-0.4, -0.2) is 33.8 Å². The number of carbonyl (C=O) groups excluding carboxylic acids is 1. The quantitative estimate of drug-likeness (QED) is 0.407. The molecule has 0 atom stereocenters. The first-order valence-corrected chi connectivity index (χ1v) is 9.89. The van der Waals surface area contributed by atoms with Crippen LogP contribution < -0.4 is 14.8 Å². The van der Waals surface area contributed by atoms with Gasteiger partial charge in [0.05, 0.1) is 36.6 Å². The summed E-state index contributed by atoms with van der Waals surface area (Å²) in [5, 5.41) is 18.1. The lowest BCUT2D eigenvalue weighted by molar-refractivity contribution is -0.385. The first-order valence-electron chi connectivity index (χ1n) is 9.89. The molecule has 0 aliphatic rings. The van der Waals surface area contributed by atoms with Gasteiger partial charge in [-0.25, -0.2) is 0 Å². The Labute approximate surface area is 179 Å². The maximum Gasteiger partial charge on any atom is 0.273 e. The number of carbonyl (C=O) groups is 1. The summed E-state index contributed by atoms with van der Waals surface area (Å²) in [5.41, 5.74) is 1.92. The van der Waals surface area contributed by atoms with E-state index in [2.05, 4.69) is 10.4 Å². The molecule has 9 nitrogen and oxygen atoms in total. The molecule has 0 bridgehead atoms. The normalized spacial score (nSPS) is 10.5. The molecule has 1 amide bonds. The second kappa shape index (κ2) is 9.75. The predicted molar refractivity (Wildman–Crippen MR) is 116 cm³/mol. The number of nitro benzene ring substituents is 1. The monoisotopic (exact) mass is 424 g/mol. The lowest BCUT2D eigenvalue weighted by atomic mass is 10.1. The number of ether oxygens (including phenoxy) is 2. The number of nitro groups is 1. The molecular weight excluding hydrogens is 400 g/mol. The van der Waals surface area contributed by atoms with Crippen molar-refractivity contribution >= 4 is 17.3 Å². The number of hydrogen-bond donors (Lipinski definition) is 1. The van der Waals surface area contributed by atoms with Crippen molar-refractivity contribution < 1.29 is 19.2 Å². The zero-order valence-corrected chi connectivity index (χ0v) is 17.6. The van der Waals surface area contributed by atoms with Gasteiger partial charge in [0, 0.05) is 23.4 Å². The van der Waals surface area contributed by atoms with Crippen molar-refractivity contribution in [1.29, 1.82) is 0 Å². The smallest absolute Gasteiger partial charge is 0.273 e. The standard InChI is InChI=1S/C22H24N4O5/c1-4-30-20-10-9-16(11-21(20)31-5-2)13-25-14-17(12-23-25)24-22(27)18-7-6-8-19(15(18)3)26(28)29/h6-12,14H,4-5,13H2,1-3H3,(H,24,27). The van der Waals surface area contributed by atoms with Gasteiger partial charge in [0.15, 0.2) is 11.5 Å². The van der Waals surface area contributed by atoms with E-state index in [0.717, 1.165) is 5.56 Å². The van der Waals surface area contributed by atoms with Gasteiger partial charge in [-0.3, -0.25) is 19.6 Å². The number of anilines is 1. The van der Waals surface area contributed by atoms with E-state index >= 15 is 0 Å². The Balaban J connectivity index is 1.72. The second-order valence-electron chi connectivity index (χ2n) is 6.73. The summed E-state index contributed by atoms with van der Waals surface area (Å²) in [6.45, 7) is 6.92. The molecule has 0 fully saturated rings. The molecule has 1 heterocycles. The summed E-state index contributed by atoms with van der Waals surface area (Å²) in [6, 6.07) is 10.1. The average molecular weight is 424 g/mol. The fourth-order valence-corrected chi connectivity index (χ4v) is 3.16. The Hall–Kier alpha value is -3.88. The maximum atomic E-state index is 12.6. The third kappa shape index (κ3) is 5.19. The molecule has 2 aromatic carbocycles. The van der Waals surface area contributed by atoms with Gasteiger partial charge in [-0.15, -0.1) is 0 Å². The molecular formula is C22H24N4O5. The first kappa shape index (κ1) is 21.8. The van der Waals surface area contributed by atoms with Crippen molar-refractivity contribution in [2.24, 2.45) is 0 Å². The molecule has 162 valence electrons. The summed E-state index contributed by atoms with van der Waals surface area (Å²) in [7, 11) is 0. The van der Waals surface area contributed by atoms with Gasteiger partial charge in [0.1, 0.15) is 0 Å². The van der Waals surface area contributed by atoms with E-state index in [1.165, 1.54) is 18.3 Å². The molecule has 0 radical (unpaired) electrons. The Morgan fingerprint density at radius 1 is 1.16 bits per heavy atom. The number of nitrogens with zero attached hydrogens (tertiary/aromatic N) is 3. The molecule has 3 aromatic rings. The van der Waals surface area contributed by atoms with Gasteiger partial charge in [-0.2, -0.15) is 5.10 Å². The largest absolute Gasteiger partial charge is 0.490 e. The number of benzene rings is 2. The topological polar surface area (TPSA) is 109 Å². The minimum atomic E-state index is -0.503. The molecule has 0 spiro atoms. The Morgan fingerprint density at radius 3 is 2.61 bits per heavy atom. The average Bonchev–Trinajstić information content (AvgIpc) is 3.16. The van der Waals surface area contributed by atoms with Crippen molar-refractivity contribution in [3.05, 3.63) is 75.6 Å². The molecule has 31 heavy (non-hydrogen) atoms. The van der Waals surface area contributed by atoms with Gasteiger partial charge >= 0.3 is 0 Å². The van der Waals surface area contributed by atoms with E-state index in [0.29, 0.717) is 42.5 Å². The SMILES string of the molecule is CCOc1ccc(Cn2cc(NC(=O)c3cccc([N+](=O)[O-])c3C)cn2)cc1OCC. The molecule has 0 saturated heterocycles. The maximum absolute atomic E-state index is 12.6. The van der Waals surface area contributed by atoms with Gasteiger partial charge in [-0.1, -0.05) is 12.1 Å². The summed E-state index contributed by atoms with van der Waals surface area (Å²) < 4.78 is 12.9. The highest BCUT2D eigenvalue weighted by Crippen LogP contribution is 2.29. The molecule has 0 unspecified atom stereocenters. The van der Waals surface area contributed by atoms with Crippen LogP contribution in [0, 0.1) is 17.0 Å². The van der Waals surface area contributed by atoms with Crippen molar-refractivity contribution in [3.63, 3.8) is 0 Å². The van der Waals surface area contributed by atoms with E-state index in [4.69, 9.17) is 9.47 Å². The molecule has 1 N–H and O–H groups in total. The van der Waals surface area contributed by atoms with Gasteiger partial charge in [0.25, 0.3) is 11.6 Å². The number of aromatic nitrogens is 2. The van der Waals surface area contributed by atoms with Gasteiger partial charge in [0.2, 0.25) is 0 Å². The predicted octanol–water partition coefficient (Wildman–Crippen LogP) is 4.20. The summed E-state index contributed by atoms with van der Waals surface area (Å²) in [6.07, 6.45) is 3.23. The highest BCUT2D eigenvalue weighted by molar-refractivity contribution is 6.05. The highest BCUT2D eigenvalue weighted by Gasteiger charge is 2.18. The van der Waals surface area contributed by atoms with Crippen LogP contribution >= 0.6 is 0 Å². The number of amides is 1. The minimum absolute atomic E-state index is 0.0936. The van der Waals surface area contributed by atoms with E-state index < -0.39 is 10.8 Å². The fraction of sp³-hybridized carbons (Fsp3) is 0.273. The van der Waals surface area contributed by atoms with Crippen LogP contribution in [-0.2, 0) is 6.54 Å². The van der Waals surface area contributed by atoms with Crippen molar-refractivity contribution in [2.75, 3.05) is 18.5 Å². The molecule has 0 aliphatic carbocycles. The van der Waals surface area contributed by atoms with E-state index in [1.54, 1.807) is 23.9 Å². The van der Waals surface area contributed by atoms with Crippen LogP contribution in [0.1, 0.15) is 35.3 Å². The fourth-order valence-electron chi connectivity index (χ4n) is 3.16. The number of hydrogen-bond acceptors (Lipinski definition) is 6. The van der Waals surface area contributed by atoms with E-state index in [-0.39, 0.29) is 11.3 Å². The third-order valence-corrected chi connectivity index (χ3v) is 4.59. The van der Waals surface area contributed by atoms with E-state index in [9.17, 15) is 14.9 Å². The lowest BCUT2D eigenvalue weighted by Gasteiger charge is -2.12. The third-order valence-electron chi connectivity index (χ3n) is 4.59. The van der Waals surface area contributed by atoms with Crippen molar-refractivity contribution in [2.45, 2.75) is 27.3 Å². The zero-order chi connectivity index (χ0) is 22.4. The highest BCUT2D eigenvalue weighted by atomic mass is 16.6. The molecule has 3 rings (SSSR count). The second-order valence-corrected chi connectivity index (χ2v) is 6.73. The molecule has 0 aliphatic heterocycles. The Kier molecular flexibility index (Phi) is 6.86. The van der Waals surface area contributed by atoms with Gasteiger partial charge in [-0.05, 0) is 44.5 Å². The van der Waals surface area contributed by atoms with Crippen LogP contribution in [0.25, 0.3) is 0 Å².